The van der Waals surface area contributed by atoms with Crippen molar-refractivity contribution in [1.82, 2.24) is 5.32 Å². The normalized spacial score (nSPS) is 10.0. The van der Waals surface area contributed by atoms with Crippen LogP contribution in [0.15, 0.2) is 18.2 Å². The molecule has 1 aromatic carbocycles. The minimum Gasteiger partial charge on any atom is -0.410 e. The van der Waals surface area contributed by atoms with Crippen molar-refractivity contribution in [3.63, 3.8) is 0 Å². The lowest BCUT2D eigenvalue weighted by molar-refractivity contribution is -0.123. The van der Waals surface area contributed by atoms with Gasteiger partial charge in [0.15, 0.2) is 0 Å². The SMILES string of the molecule is CCCON(C(C)=O)c1ccc(OC(=O)NC)cc1C. The molecular weight excluding hydrogens is 260 g/mol. The maximum Gasteiger partial charge on any atom is 0.412 e. The summed E-state index contributed by atoms with van der Waals surface area (Å²) >= 11 is 0. The van der Waals surface area contributed by atoms with Crippen LogP contribution in [0.25, 0.3) is 0 Å². The Bertz CT molecular complexity index is 488. The summed E-state index contributed by atoms with van der Waals surface area (Å²) in [6.07, 6.45) is 0.267. The van der Waals surface area contributed by atoms with Gasteiger partial charge in [-0.05, 0) is 37.1 Å². The average molecular weight is 280 g/mol. The second kappa shape index (κ2) is 7.49. The first-order chi connectivity index (χ1) is 9.49. The highest BCUT2D eigenvalue weighted by Crippen LogP contribution is 2.25. The fourth-order valence-electron chi connectivity index (χ4n) is 1.59. The first-order valence-corrected chi connectivity index (χ1v) is 6.43. The number of benzene rings is 1. The number of amides is 2. The molecule has 0 heterocycles. The fourth-order valence-corrected chi connectivity index (χ4v) is 1.59. The number of rotatable bonds is 5. The van der Waals surface area contributed by atoms with Gasteiger partial charge in [-0.2, -0.15) is 5.06 Å². The fraction of sp³-hybridized carbons (Fsp3) is 0.429. The summed E-state index contributed by atoms with van der Waals surface area (Å²) in [5, 5.41) is 3.62. The average Bonchev–Trinajstić information content (AvgIpc) is 2.40. The summed E-state index contributed by atoms with van der Waals surface area (Å²) in [6.45, 7) is 5.67. The monoisotopic (exact) mass is 280 g/mol. The number of hydrogen-bond donors (Lipinski definition) is 1. The summed E-state index contributed by atoms with van der Waals surface area (Å²) < 4.78 is 5.03. The lowest BCUT2D eigenvalue weighted by Gasteiger charge is -2.22. The molecule has 0 radical (unpaired) electrons. The molecular formula is C14H20N2O4. The summed E-state index contributed by atoms with van der Waals surface area (Å²) in [7, 11) is 1.49. The Morgan fingerprint density at radius 1 is 1.35 bits per heavy atom. The molecule has 0 aliphatic rings. The molecule has 20 heavy (non-hydrogen) atoms. The van der Waals surface area contributed by atoms with E-state index in [9.17, 15) is 9.59 Å². The number of hydrogen-bond acceptors (Lipinski definition) is 4. The van der Waals surface area contributed by atoms with E-state index in [0.717, 1.165) is 12.0 Å². The highest BCUT2D eigenvalue weighted by molar-refractivity contribution is 5.90. The number of anilines is 1. The van der Waals surface area contributed by atoms with Gasteiger partial charge < -0.3 is 10.1 Å². The van der Waals surface area contributed by atoms with Crippen LogP contribution >= 0.6 is 0 Å². The molecule has 1 N–H and O–H groups in total. The van der Waals surface area contributed by atoms with E-state index in [1.165, 1.54) is 19.0 Å². The molecule has 1 rings (SSSR count). The number of nitrogens with one attached hydrogen (secondary N) is 1. The van der Waals surface area contributed by atoms with Crippen LogP contribution in [-0.4, -0.2) is 25.7 Å². The minimum atomic E-state index is -0.539. The summed E-state index contributed by atoms with van der Waals surface area (Å²) in [4.78, 5) is 28.2. The van der Waals surface area contributed by atoms with E-state index in [4.69, 9.17) is 9.57 Å². The van der Waals surface area contributed by atoms with E-state index in [0.29, 0.717) is 18.0 Å². The molecule has 0 saturated heterocycles. The van der Waals surface area contributed by atoms with Crippen molar-refractivity contribution in [2.45, 2.75) is 27.2 Å². The Kier molecular flexibility index (Phi) is 5.99. The summed E-state index contributed by atoms with van der Waals surface area (Å²) in [5.41, 5.74) is 1.41. The number of carbonyl (C=O) groups is 2. The van der Waals surface area contributed by atoms with Crippen LogP contribution in [-0.2, 0) is 9.63 Å². The topological polar surface area (TPSA) is 67.9 Å². The third-order valence-electron chi connectivity index (χ3n) is 2.51. The molecule has 110 valence electrons. The molecule has 0 bridgehead atoms. The smallest absolute Gasteiger partial charge is 0.410 e. The predicted octanol–water partition coefficient (Wildman–Crippen LogP) is 2.41. The zero-order valence-corrected chi connectivity index (χ0v) is 12.2. The second-order valence-corrected chi connectivity index (χ2v) is 4.23. The Balaban J connectivity index is 2.94. The van der Waals surface area contributed by atoms with Crippen molar-refractivity contribution < 1.29 is 19.2 Å². The maximum absolute atomic E-state index is 11.6. The molecule has 0 unspecified atom stereocenters. The van der Waals surface area contributed by atoms with E-state index in [1.54, 1.807) is 18.2 Å². The zero-order valence-electron chi connectivity index (χ0n) is 12.2. The highest BCUT2D eigenvalue weighted by atomic mass is 16.7. The Hall–Kier alpha value is -2.08. The quantitative estimate of drug-likeness (QED) is 0.841. The van der Waals surface area contributed by atoms with Crippen LogP contribution in [0.4, 0.5) is 10.5 Å². The second-order valence-electron chi connectivity index (χ2n) is 4.23. The van der Waals surface area contributed by atoms with Gasteiger partial charge in [0.1, 0.15) is 5.75 Å². The predicted molar refractivity (Wildman–Crippen MR) is 75.7 cm³/mol. The number of nitrogens with zero attached hydrogens (tertiary/aromatic N) is 1. The van der Waals surface area contributed by atoms with Crippen molar-refractivity contribution in [3.05, 3.63) is 23.8 Å². The molecule has 6 heteroatoms. The van der Waals surface area contributed by atoms with E-state index < -0.39 is 6.09 Å². The largest absolute Gasteiger partial charge is 0.412 e. The van der Waals surface area contributed by atoms with E-state index >= 15 is 0 Å². The first-order valence-electron chi connectivity index (χ1n) is 6.43. The van der Waals surface area contributed by atoms with Gasteiger partial charge in [0.2, 0.25) is 5.91 Å². The Morgan fingerprint density at radius 2 is 2.05 bits per heavy atom. The molecule has 0 atom stereocenters. The third kappa shape index (κ3) is 4.24. The molecule has 1 aromatic rings. The van der Waals surface area contributed by atoms with Gasteiger partial charge in [-0.3, -0.25) is 9.63 Å². The van der Waals surface area contributed by atoms with Crippen LogP contribution in [0.1, 0.15) is 25.8 Å². The van der Waals surface area contributed by atoms with Crippen LogP contribution in [0.2, 0.25) is 0 Å². The van der Waals surface area contributed by atoms with E-state index in [2.05, 4.69) is 5.32 Å². The van der Waals surface area contributed by atoms with Gasteiger partial charge in [0, 0.05) is 14.0 Å². The van der Waals surface area contributed by atoms with Crippen molar-refractivity contribution in [2.24, 2.45) is 0 Å². The first kappa shape index (κ1) is 16.0. The van der Waals surface area contributed by atoms with E-state index in [1.807, 2.05) is 13.8 Å². The van der Waals surface area contributed by atoms with Crippen LogP contribution < -0.4 is 15.1 Å². The van der Waals surface area contributed by atoms with Gasteiger partial charge in [-0.15, -0.1) is 0 Å². The molecule has 0 aliphatic heterocycles. The molecule has 0 fully saturated rings. The summed E-state index contributed by atoms with van der Waals surface area (Å²) in [6, 6.07) is 4.98. The van der Waals surface area contributed by atoms with Crippen molar-refractivity contribution in [1.29, 1.82) is 0 Å². The minimum absolute atomic E-state index is 0.207. The number of hydroxylamine groups is 1. The molecule has 0 aromatic heterocycles. The maximum atomic E-state index is 11.6. The molecule has 0 spiro atoms. The van der Waals surface area contributed by atoms with Gasteiger partial charge in [0.25, 0.3) is 0 Å². The van der Waals surface area contributed by atoms with E-state index in [-0.39, 0.29) is 5.91 Å². The van der Waals surface area contributed by atoms with Crippen LogP contribution in [0.5, 0.6) is 5.75 Å². The number of ether oxygens (including phenoxy) is 1. The van der Waals surface area contributed by atoms with Gasteiger partial charge in [-0.25, -0.2) is 4.79 Å². The third-order valence-corrected chi connectivity index (χ3v) is 2.51. The van der Waals surface area contributed by atoms with Crippen molar-refractivity contribution >= 4 is 17.7 Å². The number of aryl methyl sites for hydroxylation is 1. The Labute approximate surface area is 118 Å². The number of carbonyl (C=O) groups excluding carboxylic acids is 2. The van der Waals surface area contributed by atoms with Gasteiger partial charge in [-0.1, -0.05) is 6.92 Å². The van der Waals surface area contributed by atoms with Crippen LogP contribution in [0.3, 0.4) is 0 Å². The molecule has 6 nitrogen and oxygen atoms in total. The van der Waals surface area contributed by atoms with Crippen molar-refractivity contribution in [3.8, 4) is 5.75 Å². The lowest BCUT2D eigenvalue weighted by atomic mass is 10.2. The van der Waals surface area contributed by atoms with Gasteiger partial charge in [0.05, 0.1) is 12.3 Å². The lowest BCUT2D eigenvalue weighted by Crippen LogP contribution is -2.29. The zero-order chi connectivity index (χ0) is 15.1. The Morgan fingerprint density at radius 3 is 2.55 bits per heavy atom. The highest BCUT2D eigenvalue weighted by Gasteiger charge is 2.15. The van der Waals surface area contributed by atoms with Gasteiger partial charge >= 0.3 is 6.09 Å². The molecule has 2 amide bonds. The van der Waals surface area contributed by atoms with Crippen molar-refractivity contribution in [2.75, 3.05) is 18.7 Å². The molecule has 0 saturated carbocycles. The molecule has 0 aliphatic carbocycles. The standard InChI is InChI=1S/C14H20N2O4/c1-5-8-19-16(11(3)17)13-7-6-12(9-10(13)2)20-14(18)15-4/h6-7,9H,5,8H2,1-4H3,(H,15,18). The van der Waals surface area contributed by atoms with Crippen LogP contribution in [0, 0.1) is 6.92 Å². The summed E-state index contributed by atoms with van der Waals surface area (Å²) in [5.74, 6) is 0.200.